The van der Waals surface area contributed by atoms with Crippen LogP contribution in [0.1, 0.15) is 31.7 Å². The van der Waals surface area contributed by atoms with Crippen molar-refractivity contribution in [1.82, 2.24) is 0 Å². The zero-order valence-corrected chi connectivity index (χ0v) is 16.7. The normalized spacial score (nSPS) is 13.9. The zero-order chi connectivity index (χ0) is 20.7. The second-order valence-corrected chi connectivity index (χ2v) is 6.39. The number of anilines is 2. The predicted molar refractivity (Wildman–Crippen MR) is 104 cm³/mol. The van der Waals surface area contributed by atoms with Crippen LogP contribution >= 0.6 is 0 Å². The molecule has 1 aromatic carbocycles. The number of hydrogen-bond donors (Lipinski definition) is 1. The van der Waals surface area contributed by atoms with E-state index in [-0.39, 0.29) is 30.5 Å². The molecule has 0 unspecified atom stereocenters. The molecule has 1 aliphatic heterocycles. The van der Waals surface area contributed by atoms with Crippen LogP contribution in [0.5, 0.6) is 0 Å². The van der Waals surface area contributed by atoms with E-state index in [4.69, 9.17) is 14.2 Å². The van der Waals surface area contributed by atoms with Crippen molar-refractivity contribution in [3.05, 3.63) is 35.0 Å². The molecule has 0 saturated carbocycles. The van der Waals surface area contributed by atoms with E-state index in [0.717, 1.165) is 18.4 Å². The minimum Gasteiger partial charge on any atom is -0.466 e. The molecule has 1 aromatic rings. The van der Waals surface area contributed by atoms with E-state index in [0.29, 0.717) is 17.8 Å². The highest BCUT2D eigenvalue weighted by atomic mass is 16.5. The Kier molecular flexibility index (Phi) is 7.57. The Labute approximate surface area is 164 Å². The molecule has 0 bridgehead atoms. The molecule has 2 rings (SSSR count). The standard InChI is InChI=1S/C20H26N2O6/c1-5-6-7-17(23)21-15-9-8-13(2)10-16(15)22-12-28-11-14(19(24)26-3)18(22)20(25)27-4/h8-10H,5-7,11-12H2,1-4H3,(H,21,23). The molecule has 0 saturated heterocycles. The summed E-state index contributed by atoms with van der Waals surface area (Å²) < 4.78 is 15.2. The number of methoxy groups -OCH3 is 2. The summed E-state index contributed by atoms with van der Waals surface area (Å²) >= 11 is 0. The van der Waals surface area contributed by atoms with Crippen molar-refractivity contribution < 1.29 is 28.6 Å². The number of ether oxygens (including phenoxy) is 3. The molecular weight excluding hydrogens is 364 g/mol. The van der Waals surface area contributed by atoms with E-state index < -0.39 is 11.9 Å². The van der Waals surface area contributed by atoms with Gasteiger partial charge in [-0.2, -0.15) is 0 Å². The molecule has 0 atom stereocenters. The number of carbonyl (C=O) groups is 3. The molecule has 1 N–H and O–H groups in total. The van der Waals surface area contributed by atoms with Gasteiger partial charge in [-0.3, -0.25) is 4.79 Å². The fourth-order valence-corrected chi connectivity index (χ4v) is 2.85. The van der Waals surface area contributed by atoms with Gasteiger partial charge in [0, 0.05) is 6.42 Å². The SMILES string of the molecule is CCCCC(=O)Nc1ccc(C)cc1N1COCC(C(=O)OC)=C1C(=O)OC. The van der Waals surface area contributed by atoms with Gasteiger partial charge < -0.3 is 24.4 Å². The Morgan fingerprint density at radius 3 is 2.54 bits per heavy atom. The maximum absolute atomic E-state index is 12.5. The van der Waals surface area contributed by atoms with E-state index in [1.807, 2.05) is 26.0 Å². The van der Waals surface area contributed by atoms with Crippen molar-refractivity contribution in [2.24, 2.45) is 0 Å². The van der Waals surface area contributed by atoms with Crippen LogP contribution in [0.2, 0.25) is 0 Å². The first kappa shape index (κ1) is 21.4. The Hall–Kier alpha value is -2.87. The Balaban J connectivity index is 2.51. The Bertz CT molecular complexity index is 787. The predicted octanol–water partition coefficient (Wildman–Crippen LogP) is 2.52. The number of nitrogens with one attached hydrogen (secondary N) is 1. The lowest BCUT2D eigenvalue weighted by Gasteiger charge is -2.32. The summed E-state index contributed by atoms with van der Waals surface area (Å²) in [5.74, 6) is -1.48. The number of aryl methyl sites for hydroxylation is 1. The number of unbranched alkanes of at least 4 members (excludes halogenated alkanes) is 1. The largest absolute Gasteiger partial charge is 0.466 e. The molecule has 0 fully saturated rings. The fourth-order valence-electron chi connectivity index (χ4n) is 2.85. The summed E-state index contributed by atoms with van der Waals surface area (Å²) in [6, 6.07) is 5.42. The molecule has 152 valence electrons. The minimum absolute atomic E-state index is 0.0201. The summed E-state index contributed by atoms with van der Waals surface area (Å²) in [5.41, 5.74) is 2.06. The van der Waals surface area contributed by atoms with Crippen LogP contribution < -0.4 is 10.2 Å². The molecule has 0 aliphatic carbocycles. The van der Waals surface area contributed by atoms with Crippen molar-refractivity contribution in [3.63, 3.8) is 0 Å². The number of hydrogen-bond acceptors (Lipinski definition) is 7. The first-order chi connectivity index (χ1) is 13.4. The highest BCUT2D eigenvalue weighted by Crippen LogP contribution is 2.33. The Morgan fingerprint density at radius 1 is 1.18 bits per heavy atom. The molecule has 0 spiro atoms. The van der Waals surface area contributed by atoms with E-state index in [9.17, 15) is 14.4 Å². The molecule has 0 aromatic heterocycles. The van der Waals surface area contributed by atoms with Crippen LogP contribution in [0.4, 0.5) is 11.4 Å². The van der Waals surface area contributed by atoms with Crippen molar-refractivity contribution in [3.8, 4) is 0 Å². The molecule has 1 aliphatic rings. The van der Waals surface area contributed by atoms with E-state index in [1.54, 1.807) is 6.07 Å². The second kappa shape index (κ2) is 9.89. The van der Waals surface area contributed by atoms with Gasteiger partial charge in [0.25, 0.3) is 0 Å². The molecule has 0 radical (unpaired) electrons. The highest BCUT2D eigenvalue weighted by Gasteiger charge is 2.33. The lowest BCUT2D eigenvalue weighted by Crippen LogP contribution is -2.39. The third-order valence-electron chi connectivity index (χ3n) is 4.31. The van der Waals surface area contributed by atoms with Gasteiger partial charge >= 0.3 is 11.9 Å². The van der Waals surface area contributed by atoms with Crippen LogP contribution in [-0.2, 0) is 28.6 Å². The van der Waals surface area contributed by atoms with Crippen LogP contribution in [0.25, 0.3) is 0 Å². The number of carbonyl (C=O) groups excluding carboxylic acids is 3. The van der Waals surface area contributed by atoms with E-state index in [2.05, 4.69) is 5.32 Å². The first-order valence-electron chi connectivity index (χ1n) is 9.08. The average molecular weight is 390 g/mol. The van der Waals surface area contributed by atoms with Crippen molar-refractivity contribution in [2.45, 2.75) is 33.1 Å². The number of nitrogens with zero attached hydrogens (tertiary/aromatic N) is 1. The lowest BCUT2D eigenvalue weighted by molar-refractivity contribution is -0.140. The maximum atomic E-state index is 12.5. The van der Waals surface area contributed by atoms with Crippen LogP contribution in [-0.4, -0.2) is 45.4 Å². The summed E-state index contributed by atoms with van der Waals surface area (Å²) in [6.45, 7) is 3.85. The van der Waals surface area contributed by atoms with Gasteiger partial charge in [0.05, 0.1) is 37.8 Å². The maximum Gasteiger partial charge on any atom is 0.355 e. The molecular formula is C20H26N2O6. The summed E-state index contributed by atoms with van der Waals surface area (Å²) in [4.78, 5) is 38.4. The Morgan fingerprint density at radius 2 is 1.89 bits per heavy atom. The smallest absolute Gasteiger partial charge is 0.355 e. The summed E-state index contributed by atoms with van der Waals surface area (Å²) in [5, 5.41) is 2.88. The molecule has 1 amide bonds. The zero-order valence-electron chi connectivity index (χ0n) is 16.7. The fraction of sp³-hybridized carbons (Fsp3) is 0.450. The molecule has 8 heteroatoms. The van der Waals surface area contributed by atoms with Crippen LogP contribution in [0.15, 0.2) is 29.5 Å². The summed E-state index contributed by atoms with van der Waals surface area (Å²) in [6.07, 6.45) is 2.08. The van der Waals surface area contributed by atoms with Gasteiger partial charge in [-0.1, -0.05) is 19.4 Å². The second-order valence-electron chi connectivity index (χ2n) is 6.39. The number of esters is 2. The highest BCUT2D eigenvalue weighted by molar-refractivity contribution is 6.05. The van der Waals surface area contributed by atoms with Gasteiger partial charge in [-0.25, -0.2) is 9.59 Å². The summed E-state index contributed by atoms with van der Waals surface area (Å²) in [7, 11) is 2.47. The van der Waals surface area contributed by atoms with Gasteiger partial charge in [-0.15, -0.1) is 0 Å². The van der Waals surface area contributed by atoms with Crippen molar-refractivity contribution >= 4 is 29.2 Å². The van der Waals surface area contributed by atoms with E-state index >= 15 is 0 Å². The minimum atomic E-state index is -0.687. The average Bonchev–Trinajstić information content (AvgIpc) is 2.71. The van der Waals surface area contributed by atoms with Crippen LogP contribution in [0, 0.1) is 6.92 Å². The van der Waals surface area contributed by atoms with Gasteiger partial charge in [-0.05, 0) is 31.0 Å². The van der Waals surface area contributed by atoms with Crippen LogP contribution in [0.3, 0.4) is 0 Å². The van der Waals surface area contributed by atoms with Crippen molar-refractivity contribution in [2.75, 3.05) is 37.8 Å². The lowest BCUT2D eigenvalue weighted by atomic mass is 10.1. The molecule has 28 heavy (non-hydrogen) atoms. The topological polar surface area (TPSA) is 94.2 Å². The monoisotopic (exact) mass is 390 g/mol. The number of amides is 1. The van der Waals surface area contributed by atoms with Crippen molar-refractivity contribution in [1.29, 1.82) is 0 Å². The third kappa shape index (κ3) is 4.89. The third-order valence-corrected chi connectivity index (χ3v) is 4.31. The van der Waals surface area contributed by atoms with Gasteiger partial charge in [0.2, 0.25) is 5.91 Å². The number of benzene rings is 1. The number of rotatable bonds is 7. The van der Waals surface area contributed by atoms with E-state index in [1.165, 1.54) is 19.1 Å². The molecule has 8 nitrogen and oxygen atoms in total. The first-order valence-corrected chi connectivity index (χ1v) is 9.08. The molecule has 1 heterocycles. The van der Waals surface area contributed by atoms with Gasteiger partial charge in [0.15, 0.2) is 0 Å². The quantitative estimate of drug-likeness (QED) is 0.715. The van der Waals surface area contributed by atoms with Gasteiger partial charge in [0.1, 0.15) is 12.4 Å².